The van der Waals surface area contributed by atoms with E-state index in [0.29, 0.717) is 6.04 Å². The topological polar surface area (TPSA) is 29.3 Å². The van der Waals surface area contributed by atoms with Crippen LogP contribution >= 0.6 is 0 Å². The van der Waals surface area contributed by atoms with Gasteiger partial charge in [-0.05, 0) is 25.0 Å². The molecule has 2 rings (SSSR count). The van der Waals surface area contributed by atoms with Gasteiger partial charge in [0.2, 0.25) is 0 Å². The smallest absolute Gasteiger partial charge is 0.148 e. The van der Waals surface area contributed by atoms with E-state index >= 15 is 0 Å². The second-order valence-corrected chi connectivity index (χ2v) is 3.51. The van der Waals surface area contributed by atoms with Gasteiger partial charge in [0.1, 0.15) is 5.82 Å². The van der Waals surface area contributed by atoms with Crippen LogP contribution in [0.2, 0.25) is 0 Å². The van der Waals surface area contributed by atoms with E-state index in [1.54, 1.807) is 6.07 Å². The van der Waals surface area contributed by atoms with Crippen LogP contribution in [0.25, 0.3) is 0 Å². The first-order valence-corrected chi connectivity index (χ1v) is 4.47. The molecule has 3 heteroatoms. The molecular formula is C10H13FN2. The largest absolute Gasteiger partial charge is 0.395 e. The highest BCUT2D eigenvalue weighted by molar-refractivity contribution is 5.68. The van der Waals surface area contributed by atoms with Gasteiger partial charge in [-0.2, -0.15) is 0 Å². The van der Waals surface area contributed by atoms with Gasteiger partial charge < -0.3 is 10.6 Å². The lowest BCUT2D eigenvalue weighted by molar-refractivity contribution is 0.632. The molecule has 0 aromatic heterocycles. The van der Waals surface area contributed by atoms with Crippen LogP contribution in [-0.4, -0.2) is 13.1 Å². The van der Waals surface area contributed by atoms with E-state index in [4.69, 9.17) is 5.73 Å². The van der Waals surface area contributed by atoms with E-state index in [2.05, 4.69) is 4.90 Å². The molecule has 1 aromatic carbocycles. The fourth-order valence-electron chi connectivity index (χ4n) is 1.49. The number of hydrogen-bond acceptors (Lipinski definition) is 2. The highest BCUT2D eigenvalue weighted by atomic mass is 19.1. The van der Waals surface area contributed by atoms with Gasteiger partial charge in [-0.15, -0.1) is 0 Å². The standard InChI is InChI=1S/C10H13FN2/c1-13(7-5-6-7)9-4-2-3-8(11)10(9)12/h2-4,7H,5-6,12H2,1H3. The van der Waals surface area contributed by atoms with Crippen molar-refractivity contribution in [1.82, 2.24) is 0 Å². The van der Waals surface area contributed by atoms with E-state index in [9.17, 15) is 4.39 Å². The number of nitrogens with zero attached hydrogens (tertiary/aromatic N) is 1. The van der Waals surface area contributed by atoms with E-state index in [-0.39, 0.29) is 11.5 Å². The Bertz CT molecular complexity index is 321. The summed E-state index contributed by atoms with van der Waals surface area (Å²) in [5.41, 5.74) is 6.70. The molecule has 2 N–H and O–H groups in total. The molecule has 1 aliphatic carbocycles. The molecule has 0 aliphatic heterocycles. The minimum absolute atomic E-state index is 0.261. The Morgan fingerprint density at radius 2 is 2.15 bits per heavy atom. The summed E-state index contributed by atoms with van der Waals surface area (Å²) in [7, 11) is 1.96. The van der Waals surface area contributed by atoms with Crippen molar-refractivity contribution in [2.24, 2.45) is 0 Å². The van der Waals surface area contributed by atoms with Crippen molar-refractivity contribution in [1.29, 1.82) is 0 Å². The molecule has 0 bridgehead atoms. The number of halogens is 1. The Labute approximate surface area is 77.2 Å². The predicted octanol–water partition coefficient (Wildman–Crippen LogP) is 2.01. The number of para-hydroxylation sites is 1. The molecule has 1 aliphatic rings. The summed E-state index contributed by atoms with van der Waals surface area (Å²) in [5.74, 6) is -0.329. The maximum Gasteiger partial charge on any atom is 0.148 e. The van der Waals surface area contributed by atoms with Gasteiger partial charge in [-0.3, -0.25) is 0 Å². The molecular weight excluding hydrogens is 167 g/mol. The second kappa shape index (κ2) is 2.91. The average molecular weight is 180 g/mol. The van der Waals surface area contributed by atoms with Crippen molar-refractivity contribution in [2.75, 3.05) is 17.7 Å². The minimum Gasteiger partial charge on any atom is -0.395 e. The highest BCUT2D eigenvalue weighted by Crippen LogP contribution is 2.33. The summed E-state index contributed by atoms with van der Waals surface area (Å²) in [6.07, 6.45) is 2.37. The third-order valence-corrected chi connectivity index (χ3v) is 2.50. The monoisotopic (exact) mass is 180 g/mol. The first-order chi connectivity index (χ1) is 6.20. The van der Waals surface area contributed by atoms with Gasteiger partial charge in [0.15, 0.2) is 0 Å². The van der Waals surface area contributed by atoms with Gasteiger partial charge in [0.05, 0.1) is 11.4 Å². The van der Waals surface area contributed by atoms with Gasteiger partial charge in [-0.1, -0.05) is 6.07 Å². The highest BCUT2D eigenvalue weighted by Gasteiger charge is 2.27. The van der Waals surface area contributed by atoms with Crippen molar-refractivity contribution in [2.45, 2.75) is 18.9 Å². The lowest BCUT2D eigenvalue weighted by Gasteiger charge is -2.20. The SMILES string of the molecule is CN(c1cccc(F)c1N)C1CC1. The number of rotatable bonds is 2. The molecule has 0 spiro atoms. The van der Waals surface area contributed by atoms with Crippen molar-refractivity contribution >= 4 is 11.4 Å². The van der Waals surface area contributed by atoms with Crippen molar-refractivity contribution in [3.63, 3.8) is 0 Å². The van der Waals surface area contributed by atoms with Crippen LogP contribution in [-0.2, 0) is 0 Å². The molecule has 0 saturated heterocycles. The number of benzene rings is 1. The van der Waals surface area contributed by atoms with E-state index < -0.39 is 0 Å². The van der Waals surface area contributed by atoms with Crippen LogP contribution in [0, 0.1) is 5.82 Å². The zero-order valence-corrected chi connectivity index (χ0v) is 7.63. The first-order valence-electron chi connectivity index (χ1n) is 4.47. The number of nitrogen functional groups attached to an aromatic ring is 1. The van der Waals surface area contributed by atoms with E-state index in [1.165, 1.54) is 18.9 Å². The van der Waals surface area contributed by atoms with Crippen LogP contribution in [0.5, 0.6) is 0 Å². The van der Waals surface area contributed by atoms with Crippen LogP contribution in [0.15, 0.2) is 18.2 Å². The Balaban J connectivity index is 2.32. The Morgan fingerprint density at radius 1 is 1.46 bits per heavy atom. The van der Waals surface area contributed by atoms with Crippen molar-refractivity contribution < 1.29 is 4.39 Å². The summed E-state index contributed by atoms with van der Waals surface area (Å²) < 4.78 is 13.1. The average Bonchev–Trinajstić information content (AvgIpc) is 2.91. The summed E-state index contributed by atoms with van der Waals surface area (Å²) in [5, 5.41) is 0. The summed E-state index contributed by atoms with van der Waals surface area (Å²) in [6.45, 7) is 0. The quantitative estimate of drug-likeness (QED) is 0.705. The van der Waals surface area contributed by atoms with Gasteiger partial charge in [-0.25, -0.2) is 4.39 Å². The van der Waals surface area contributed by atoms with Crippen molar-refractivity contribution in [3.8, 4) is 0 Å². The minimum atomic E-state index is -0.329. The fraction of sp³-hybridized carbons (Fsp3) is 0.400. The third-order valence-electron chi connectivity index (χ3n) is 2.50. The molecule has 70 valence electrons. The van der Waals surface area contributed by atoms with Crippen LogP contribution in [0.4, 0.5) is 15.8 Å². The van der Waals surface area contributed by atoms with Gasteiger partial charge in [0, 0.05) is 13.1 Å². The van der Waals surface area contributed by atoms with Crippen LogP contribution in [0.1, 0.15) is 12.8 Å². The normalized spacial score (nSPS) is 15.8. The zero-order chi connectivity index (χ0) is 9.42. The maximum absolute atomic E-state index is 13.1. The summed E-state index contributed by atoms with van der Waals surface area (Å²) in [6, 6.07) is 5.50. The third kappa shape index (κ3) is 1.46. The molecule has 1 saturated carbocycles. The van der Waals surface area contributed by atoms with E-state index in [1.807, 2.05) is 13.1 Å². The van der Waals surface area contributed by atoms with Crippen LogP contribution in [0.3, 0.4) is 0 Å². The molecule has 13 heavy (non-hydrogen) atoms. The molecule has 0 amide bonds. The second-order valence-electron chi connectivity index (χ2n) is 3.51. The van der Waals surface area contributed by atoms with Gasteiger partial charge in [0.25, 0.3) is 0 Å². The molecule has 1 aromatic rings. The Kier molecular flexibility index (Phi) is 1.87. The Morgan fingerprint density at radius 3 is 2.77 bits per heavy atom. The molecule has 0 radical (unpaired) electrons. The predicted molar refractivity (Wildman–Crippen MR) is 52.2 cm³/mol. The number of hydrogen-bond donors (Lipinski definition) is 1. The molecule has 0 unspecified atom stereocenters. The first kappa shape index (κ1) is 8.35. The fourth-order valence-corrected chi connectivity index (χ4v) is 1.49. The van der Waals surface area contributed by atoms with E-state index in [0.717, 1.165) is 5.69 Å². The zero-order valence-electron chi connectivity index (χ0n) is 7.63. The summed E-state index contributed by atoms with van der Waals surface area (Å²) in [4.78, 5) is 2.05. The van der Waals surface area contributed by atoms with Gasteiger partial charge >= 0.3 is 0 Å². The number of nitrogens with two attached hydrogens (primary N) is 1. The molecule has 2 nitrogen and oxygen atoms in total. The lowest BCUT2D eigenvalue weighted by atomic mass is 10.2. The summed E-state index contributed by atoms with van der Waals surface area (Å²) >= 11 is 0. The molecule has 1 fully saturated rings. The molecule has 0 heterocycles. The molecule has 0 atom stereocenters. The van der Waals surface area contributed by atoms with Crippen LogP contribution < -0.4 is 10.6 Å². The maximum atomic E-state index is 13.1. The lowest BCUT2D eigenvalue weighted by Crippen LogP contribution is -2.20. The van der Waals surface area contributed by atoms with Crippen molar-refractivity contribution in [3.05, 3.63) is 24.0 Å². The Hall–Kier alpha value is -1.25. The number of anilines is 2.